The van der Waals surface area contributed by atoms with E-state index in [0.717, 1.165) is 29.1 Å². The van der Waals surface area contributed by atoms with Crippen LogP contribution in [0.5, 0.6) is 0 Å². The van der Waals surface area contributed by atoms with Crippen LogP contribution in [-0.4, -0.2) is 35.4 Å². The summed E-state index contributed by atoms with van der Waals surface area (Å²) in [5.41, 5.74) is 5.27. The van der Waals surface area contributed by atoms with E-state index in [4.69, 9.17) is 0 Å². The molecule has 0 saturated carbocycles. The van der Waals surface area contributed by atoms with Crippen LogP contribution in [-0.2, 0) is 17.9 Å². The SMILES string of the molecule is CN(C)C(C(=O)Nc1ccc(C(=O)N2Cc3cccn3Cc3ccccc32)cc1)c1ccccc1. The number of benzene rings is 3. The van der Waals surface area contributed by atoms with Gasteiger partial charge in [0.1, 0.15) is 6.04 Å². The molecule has 2 heterocycles. The van der Waals surface area contributed by atoms with Crippen molar-refractivity contribution >= 4 is 23.2 Å². The van der Waals surface area contributed by atoms with Crippen LogP contribution in [0, 0.1) is 0 Å². The van der Waals surface area contributed by atoms with Gasteiger partial charge in [0.05, 0.1) is 6.54 Å². The van der Waals surface area contributed by atoms with Crippen molar-refractivity contribution in [1.29, 1.82) is 0 Å². The minimum Gasteiger partial charge on any atom is -0.345 e. The summed E-state index contributed by atoms with van der Waals surface area (Å²) < 4.78 is 2.18. The Morgan fingerprint density at radius 3 is 2.29 bits per heavy atom. The number of para-hydroxylation sites is 1. The summed E-state index contributed by atoms with van der Waals surface area (Å²) in [5.74, 6) is -0.192. The standard InChI is InChI=1S/C29H28N4O2/c1-31(2)27(21-9-4-3-5-10-21)28(34)30-24-16-14-22(15-17-24)29(35)33-20-25-12-8-18-32(25)19-23-11-6-7-13-26(23)33/h3-18,27H,19-20H2,1-2H3,(H,30,34). The Hall–Kier alpha value is -4.16. The predicted octanol–water partition coefficient (Wildman–Crippen LogP) is 4.94. The number of nitrogens with zero attached hydrogens (tertiary/aromatic N) is 3. The summed E-state index contributed by atoms with van der Waals surface area (Å²) in [6, 6.07) is 28.5. The molecule has 6 heteroatoms. The molecule has 3 aromatic carbocycles. The van der Waals surface area contributed by atoms with Crippen molar-refractivity contribution in [2.75, 3.05) is 24.3 Å². The lowest BCUT2D eigenvalue weighted by molar-refractivity contribution is -0.120. The van der Waals surface area contributed by atoms with Crippen LogP contribution in [0.15, 0.2) is 97.2 Å². The summed E-state index contributed by atoms with van der Waals surface area (Å²) >= 11 is 0. The number of carbonyl (C=O) groups is 2. The summed E-state index contributed by atoms with van der Waals surface area (Å²) in [6.07, 6.45) is 2.05. The van der Waals surface area contributed by atoms with Crippen molar-refractivity contribution in [1.82, 2.24) is 9.47 Å². The van der Waals surface area contributed by atoms with Gasteiger partial charge in [-0.25, -0.2) is 0 Å². The van der Waals surface area contributed by atoms with Crippen LogP contribution in [0.3, 0.4) is 0 Å². The quantitative estimate of drug-likeness (QED) is 0.455. The van der Waals surface area contributed by atoms with Crippen LogP contribution >= 0.6 is 0 Å². The van der Waals surface area contributed by atoms with Gasteiger partial charge < -0.3 is 14.8 Å². The van der Waals surface area contributed by atoms with Gasteiger partial charge in [-0.05, 0) is 67.7 Å². The molecule has 0 bridgehead atoms. The maximum Gasteiger partial charge on any atom is 0.258 e. The van der Waals surface area contributed by atoms with Gasteiger partial charge in [0.2, 0.25) is 5.91 Å². The molecule has 1 atom stereocenters. The van der Waals surface area contributed by atoms with Crippen LogP contribution < -0.4 is 10.2 Å². The molecule has 0 radical (unpaired) electrons. The fraction of sp³-hybridized carbons (Fsp3) is 0.172. The third-order valence-corrected chi connectivity index (χ3v) is 6.39. The summed E-state index contributed by atoms with van der Waals surface area (Å²) in [6.45, 7) is 1.24. The average Bonchev–Trinajstić information content (AvgIpc) is 3.23. The summed E-state index contributed by atoms with van der Waals surface area (Å²) in [7, 11) is 3.77. The highest BCUT2D eigenvalue weighted by Gasteiger charge is 2.25. The number of amides is 2. The minimum absolute atomic E-state index is 0.0690. The van der Waals surface area contributed by atoms with Gasteiger partial charge in [0.25, 0.3) is 5.91 Å². The van der Waals surface area contributed by atoms with E-state index in [-0.39, 0.29) is 11.8 Å². The second kappa shape index (κ2) is 9.60. The van der Waals surface area contributed by atoms with Gasteiger partial charge in [0, 0.05) is 35.4 Å². The number of hydrogen-bond donors (Lipinski definition) is 1. The first-order chi connectivity index (χ1) is 17.0. The smallest absolute Gasteiger partial charge is 0.258 e. The van der Waals surface area contributed by atoms with E-state index in [1.165, 1.54) is 0 Å². The molecule has 6 nitrogen and oxygen atoms in total. The van der Waals surface area contributed by atoms with Crippen molar-refractivity contribution in [2.24, 2.45) is 0 Å². The number of nitrogens with one attached hydrogen (secondary N) is 1. The first kappa shape index (κ1) is 22.6. The fourth-order valence-electron chi connectivity index (χ4n) is 4.65. The number of anilines is 2. The molecule has 0 saturated heterocycles. The number of rotatable bonds is 5. The second-order valence-corrected chi connectivity index (χ2v) is 8.99. The zero-order valence-electron chi connectivity index (χ0n) is 19.9. The van der Waals surface area contributed by atoms with Gasteiger partial charge in [-0.2, -0.15) is 0 Å². The van der Waals surface area contributed by atoms with Crippen LogP contribution in [0.4, 0.5) is 11.4 Å². The maximum atomic E-state index is 13.6. The van der Waals surface area contributed by atoms with Crippen molar-refractivity contribution in [3.8, 4) is 0 Å². The molecule has 0 fully saturated rings. The van der Waals surface area contributed by atoms with Crippen LogP contribution in [0.1, 0.15) is 33.2 Å². The monoisotopic (exact) mass is 464 g/mol. The zero-order valence-corrected chi connectivity index (χ0v) is 19.9. The highest BCUT2D eigenvalue weighted by atomic mass is 16.2. The third-order valence-electron chi connectivity index (χ3n) is 6.39. The second-order valence-electron chi connectivity index (χ2n) is 8.99. The topological polar surface area (TPSA) is 57.6 Å². The normalized spacial score (nSPS) is 13.5. The molecule has 1 aromatic heterocycles. The zero-order chi connectivity index (χ0) is 24.4. The summed E-state index contributed by atoms with van der Waals surface area (Å²) in [4.78, 5) is 30.4. The molecule has 35 heavy (non-hydrogen) atoms. The summed E-state index contributed by atoms with van der Waals surface area (Å²) in [5, 5.41) is 2.99. The number of carbonyl (C=O) groups excluding carboxylic acids is 2. The Morgan fingerprint density at radius 2 is 1.54 bits per heavy atom. The first-order valence-electron chi connectivity index (χ1n) is 11.7. The van der Waals surface area contributed by atoms with E-state index >= 15 is 0 Å². The van der Waals surface area contributed by atoms with Crippen molar-refractivity contribution in [3.05, 3.63) is 120 Å². The van der Waals surface area contributed by atoms with E-state index in [1.807, 2.05) is 84.7 Å². The van der Waals surface area contributed by atoms with E-state index in [1.54, 1.807) is 24.3 Å². The lowest BCUT2D eigenvalue weighted by Crippen LogP contribution is -2.32. The number of aromatic nitrogens is 1. The van der Waals surface area contributed by atoms with Gasteiger partial charge in [0.15, 0.2) is 0 Å². The van der Waals surface area contributed by atoms with Crippen molar-refractivity contribution in [2.45, 2.75) is 19.1 Å². The lowest BCUT2D eigenvalue weighted by Gasteiger charge is -2.24. The lowest BCUT2D eigenvalue weighted by atomic mass is 10.1. The first-order valence-corrected chi connectivity index (χ1v) is 11.7. The van der Waals surface area contributed by atoms with Gasteiger partial charge in [-0.3, -0.25) is 14.5 Å². The third kappa shape index (κ3) is 4.61. The van der Waals surface area contributed by atoms with E-state index in [2.05, 4.69) is 22.0 Å². The molecule has 1 unspecified atom stereocenters. The fourth-order valence-corrected chi connectivity index (χ4v) is 4.65. The highest BCUT2D eigenvalue weighted by molar-refractivity contribution is 6.07. The Morgan fingerprint density at radius 1 is 0.829 bits per heavy atom. The molecular weight excluding hydrogens is 436 g/mol. The molecule has 176 valence electrons. The minimum atomic E-state index is -0.414. The number of hydrogen-bond acceptors (Lipinski definition) is 3. The Bertz CT molecular complexity index is 1340. The van der Waals surface area contributed by atoms with E-state index < -0.39 is 6.04 Å². The number of fused-ring (bicyclic) bond motifs is 2. The molecule has 5 rings (SSSR count). The Balaban J connectivity index is 1.36. The Kier molecular flexibility index (Phi) is 6.21. The average molecular weight is 465 g/mol. The molecule has 1 N–H and O–H groups in total. The molecule has 0 spiro atoms. The maximum absolute atomic E-state index is 13.6. The van der Waals surface area contributed by atoms with Crippen molar-refractivity contribution in [3.63, 3.8) is 0 Å². The predicted molar refractivity (Wildman–Crippen MR) is 138 cm³/mol. The van der Waals surface area contributed by atoms with Gasteiger partial charge in [-0.15, -0.1) is 0 Å². The molecule has 4 aromatic rings. The molecule has 0 aliphatic carbocycles. The van der Waals surface area contributed by atoms with Crippen LogP contribution in [0.2, 0.25) is 0 Å². The van der Waals surface area contributed by atoms with Crippen LogP contribution in [0.25, 0.3) is 0 Å². The largest absolute Gasteiger partial charge is 0.345 e. The number of likely N-dealkylation sites (N-methyl/N-ethyl adjacent to an activating group) is 1. The van der Waals surface area contributed by atoms with Crippen molar-refractivity contribution < 1.29 is 9.59 Å². The van der Waals surface area contributed by atoms with Gasteiger partial charge in [-0.1, -0.05) is 48.5 Å². The van der Waals surface area contributed by atoms with E-state index in [9.17, 15) is 9.59 Å². The molecule has 1 aliphatic heterocycles. The molecule has 2 amide bonds. The Labute approximate surface area is 205 Å². The van der Waals surface area contributed by atoms with E-state index in [0.29, 0.717) is 17.8 Å². The highest BCUT2D eigenvalue weighted by Crippen LogP contribution is 2.29. The van der Waals surface area contributed by atoms with Gasteiger partial charge >= 0.3 is 0 Å². The molecular formula is C29H28N4O2. The molecule has 1 aliphatic rings.